The first-order valence-electron chi connectivity index (χ1n) is 5.63. The van der Waals surface area contributed by atoms with Crippen LogP contribution in [0.3, 0.4) is 0 Å². The van der Waals surface area contributed by atoms with Crippen LogP contribution in [-0.4, -0.2) is 6.54 Å². The highest BCUT2D eigenvalue weighted by Gasteiger charge is 2.36. The molecule has 2 N–H and O–H groups in total. The molecule has 1 rings (SSSR count). The zero-order valence-corrected chi connectivity index (χ0v) is 9.82. The summed E-state index contributed by atoms with van der Waals surface area (Å²) in [5, 5.41) is 0. The number of rotatable bonds is 2. The minimum Gasteiger partial charge on any atom is -0.330 e. The van der Waals surface area contributed by atoms with Gasteiger partial charge in [-0.3, -0.25) is 0 Å². The van der Waals surface area contributed by atoms with E-state index in [-0.39, 0.29) is 0 Å². The second-order valence-electron chi connectivity index (χ2n) is 5.47. The van der Waals surface area contributed by atoms with Gasteiger partial charge in [0.25, 0.3) is 0 Å². The van der Waals surface area contributed by atoms with Gasteiger partial charge in [-0.1, -0.05) is 13.8 Å². The normalized spacial score (nSPS) is 23.7. The van der Waals surface area contributed by atoms with Gasteiger partial charge >= 0.3 is 0 Å². The molecule has 1 fully saturated rings. The van der Waals surface area contributed by atoms with E-state index in [0.29, 0.717) is 10.8 Å². The number of hydrogen-bond acceptors (Lipinski definition) is 1. The van der Waals surface area contributed by atoms with E-state index >= 15 is 0 Å². The topological polar surface area (TPSA) is 26.0 Å². The molecule has 0 aromatic rings. The molecule has 1 nitrogen and oxygen atoms in total. The van der Waals surface area contributed by atoms with Crippen molar-refractivity contribution < 1.29 is 0 Å². The Kier molecular flexibility index (Phi) is 3.61. The van der Waals surface area contributed by atoms with E-state index in [4.69, 9.17) is 5.73 Å². The summed E-state index contributed by atoms with van der Waals surface area (Å²) in [7, 11) is 0. The molecular weight excluding hydrogens is 170 g/mol. The highest BCUT2D eigenvalue weighted by Crippen LogP contribution is 2.46. The van der Waals surface area contributed by atoms with Gasteiger partial charge < -0.3 is 5.73 Å². The van der Waals surface area contributed by atoms with Crippen molar-refractivity contribution in [1.82, 2.24) is 0 Å². The van der Waals surface area contributed by atoms with Gasteiger partial charge in [0.1, 0.15) is 0 Å². The van der Waals surface area contributed by atoms with Crippen LogP contribution >= 0.6 is 0 Å². The largest absolute Gasteiger partial charge is 0.330 e. The van der Waals surface area contributed by atoms with Crippen molar-refractivity contribution in [3.05, 3.63) is 0 Å². The Morgan fingerprint density at radius 1 is 1.14 bits per heavy atom. The molecule has 0 aromatic heterocycles. The van der Waals surface area contributed by atoms with Gasteiger partial charge in [0.15, 0.2) is 0 Å². The van der Waals surface area contributed by atoms with E-state index < -0.39 is 0 Å². The fourth-order valence-electron chi connectivity index (χ4n) is 2.19. The fourth-order valence-corrected chi connectivity index (χ4v) is 2.19. The molecule has 1 aliphatic rings. The van der Waals surface area contributed by atoms with Crippen LogP contribution in [0.25, 0.3) is 0 Å². The molecule has 0 spiro atoms. The van der Waals surface area contributed by atoms with E-state index in [2.05, 4.69) is 25.7 Å². The molecule has 0 heterocycles. The third kappa shape index (κ3) is 2.75. The average molecular weight is 193 g/mol. The van der Waals surface area contributed by atoms with Crippen molar-refractivity contribution in [2.24, 2.45) is 16.6 Å². The van der Waals surface area contributed by atoms with Crippen molar-refractivity contribution >= 4 is 0 Å². The van der Waals surface area contributed by atoms with Gasteiger partial charge in [0, 0.05) is 6.42 Å². The summed E-state index contributed by atoms with van der Waals surface area (Å²) in [6, 6.07) is 0. The molecule has 0 aromatic carbocycles. The van der Waals surface area contributed by atoms with Crippen LogP contribution in [-0.2, 0) is 0 Å². The second kappa shape index (κ2) is 4.36. The maximum Gasteiger partial charge on any atom is 0.0157 e. The van der Waals surface area contributed by atoms with Crippen LogP contribution < -0.4 is 5.73 Å². The van der Waals surface area contributed by atoms with Gasteiger partial charge in [0.05, 0.1) is 0 Å². The van der Waals surface area contributed by atoms with Crippen LogP contribution in [0.4, 0.5) is 0 Å². The monoisotopic (exact) mass is 193 g/mol. The third-order valence-electron chi connectivity index (χ3n) is 3.74. The van der Waals surface area contributed by atoms with Crippen LogP contribution in [0.5, 0.6) is 0 Å². The smallest absolute Gasteiger partial charge is 0.0157 e. The average Bonchev–Trinajstić information content (AvgIpc) is 2.18. The van der Waals surface area contributed by atoms with Crippen molar-refractivity contribution in [2.75, 3.05) is 6.54 Å². The Labute approximate surface area is 88.5 Å². The van der Waals surface area contributed by atoms with Gasteiger partial charge in [-0.25, -0.2) is 0 Å². The Morgan fingerprint density at radius 3 is 2.14 bits per heavy atom. The summed E-state index contributed by atoms with van der Waals surface area (Å²) in [6.07, 6.45) is 6.11. The highest BCUT2D eigenvalue weighted by molar-refractivity contribution is 5.03. The van der Waals surface area contributed by atoms with Crippen LogP contribution in [0, 0.1) is 22.7 Å². The predicted octanol–water partition coefficient (Wildman–Crippen LogP) is 2.95. The zero-order valence-electron chi connectivity index (χ0n) is 9.82. The van der Waals surface area contributed by atoms with Crippen molar-refractivity contribution in [2.45, 2.75) is 52.9 Å². The molecule has 0 bridgehead atoms. The molecule has 0 unspecified atom stereocenters. The predicted molar refractivity (Wildman–Crippen MR) is 61.8 cm³/mol. The molecule has 0 saturated heterocycles. The molecule has 1 saturated carbocycles. The molecule has 1 aliphatic carbocycles. The molecule has 0 radical (unpaired) electrons. The molecular formula is C13H23N. The highest BCUT2D eigenvalue weighted by atomic mass is 14.6. The zero-order chi connectivity index (χ0) is 10.7. The lowest BCUT2D eigenvalue weighted by atomic mass is 9.64. The van der Waals surface area contributed by atoms with Crippen molar-refractivity contribution in [3.8, 4) is 11.8 Å². The van der Waals surface area contributed by atoms with Crippen molar-refractivity contribution in [3.63, 3.8) is 0 Å². The van der Waals surface area contributed by atoms with Gasteiger partial charge in [-0.15, -0.1) is 11.8 Å². The first-order chi connectivity index (χ1) is 6.54. The van der Waals surface area contributed by atoms with Gasteiger partial charge in [-0.2, -0.15) is 0 Å². The van der Waals surface area contributed by atoms with E-state index in [1.54, 1.807) is 0 Å². The molecule has 0 aliphatic heterocycles. The Balaban J connectivity index is 2.59. The Morgan fingerprint density at radius 2 is 1.71 bits per heavy atom. The summed E-state index contributed by atoms with van der Waals surface area (Å²) < 4.78 is 0. The molecule has 1 heteroatoms. The Bertz CT molecular complexity index is 232. The number of hydrogen-bond donors (Lipinski definition) is 1. The summed E-state index contributed by atoms with van der Waals surface area (Å²) in [6.45, 7) is 7.44. The summed E-state index contributed by atoms with van der Waals surface area (Å²) >= 11 is 0. The third-order valence-corrected chi connectivity index (χ3v) is 3.74. The quantitative estimate of drug-likeness (QED) is 0.670. The first-order valence-corrected chi connectivity index (χ1v) is 5.63. The summed E-state index contributed by atoms with van der Waals surface area (Å²) in [5.74, 6) is 6.20. The second-order valence-corrected chi connectivity index (χ2v) is 5.47. The van der Waals surface area contributed by atoms with Crippen LogP contribution in [0.2, 0.25) is 0 Å². The van der Waals surface area contributed by atoms with E-state index in [9.17, 15) is 0 Å². The minimum atomic E-state index is 0.332. The number of nitrogens with two attached hydrogens (primary N) is 1. The molecule has 0 atom stereocenters. The SMILES string of the molecule is CC#CCC1(CN)CCC(C)(C)CC1. The summed E-state index contributed by atoms with van der Waals surface area (Å²) in [5.41, 5.74) is 6.76. The van der Waals surface area contributed by atoms with Crippen molar-refractivity contribution in [1.29, 1.82) is 0 Å². The maximum atomic E-state index is 5.90. The van der Waals surface area contributed by atoms with Gasteiger partial charge in [-0.05, 0) is 50.0 Å². The van der Waals surface area contributed by atoms with E-state index in [1.807, 2.05) is 6.92 Å². The van der Waals surface area contributed by atoms with Gasteiger partial charge in [0.2, 0.25) is 0 Å². The van der Waals surface area contributed by atoms with E-state index in [1.165, 1.54) is 25.7 Å². The molecule has 80 valence electrons. The van der Waals surface area contributed by atoms with E-state index in [0.717, 1.165) is 13.0 Å². The molecule has 14 heavy (non-hydrogen) atoms. The lowest BCUT2D eigenvalue weighted by Crippen LogP contribution is -2.36. The Hall–Kier alpha value is -0.480. The fraction of sp³-hybridized carbons (Fsp3) is 0.846. The van der Waals surface area contributed by atoms with Crippen LogP contribution in [0.15, 0.2) is 0 Å². The minimum absolute atomic E-state index is 0.332. The standard InChI is InChI=1S/C13H23N/c1-4-5-6-13(11-14)9-7-12(2,3)8-10-13/h6-11,14H2,1-3H3. The maximum absolute atomic E-state index is 5.90. The lowest BCUT2D eigenvalue weighted by Gasteiger charge is -2.42. The summed E-state index contributed by atoms with van der Waals surface area (Å²) in [4.78, 5) is 0. The first kappa shape index (κ1) is 11.6. The lowest BCUT2D eigenvalue weighted by molar-refractivity contribution is 0.112. The van der Waals surface area contributed by atoms with Crippen LogP contribution in [0.1, 0.15) is 52.9 Å². The molecule has 0 amide bonds.